The Bertz CT molecular complexity index is 480. The van der Waals surface area contributed by atoms with Crippen LogP contribution in [0.25, 0.3) is 0 Å². The molecule has 1 aliphatic rings. The number of carbonyl (C=O) groups excluding carboxylic acids is 2. The summed E-state index contributed by atoms with van der Waals surface area (Å²) in [5.41, 5.74) is 0.149. The summed E-state index contributed by atoms with van der Waals surface area (Å²) in [6.07, 6.45) is 3.94. The van der Waals surface area contributed by atoms with Gasteiger partial charge in [0.05, 0.1) is 0 Å². The highest BCUT2D eigenvalue weighted by Crippen LogP contribution is 2.34. The smallest absolute Gasteiger partial charge is 0.331 e. The van der Waals surface area contributed by atoms with Crippen molar-refractivity contribution in [2.45, 2.75) is 59.4 Å². The monoisotopic (exact) mass is 296 g/mol. The fourth-order valence-electron chi connectivity index (χ4n) is 2.57. The zero-order valence-corrected chi connectivity index (χ0v) is 13.1. The van der Waals surface area contributed by atoms with Crippen LogP contribution in [0.15, 0.2) is 11.1 Å². The van der Waals surface area contributed by atoms with E-state index in [2.05, 4.69) is 24.5 Å². The van der Waals surface area contributed by atoms with Crippen LogP contribution in [0.5, 0.6) is 0 Å². The first-order valence-electron chi connectivity index (χ1n) is 7.15. The van der Waals surface area contributed by atoms with E-state index in [0.29, 0.717) is 0 Å². The quantitative estimate of drug-likeness (QED) is 0.696. The Morgan fingerprint density at radius 3 is 2.29 bits per heavy atom. The van der Waals surface area contributed by atoms with Gasteiger partial charge in [0.2, 0.25) is 0 Å². The van der Waals surface area contributed by atoms with Crippen molar-refractivity contribution < 1.29 is 19.5 Å². The second-order valence-corrected chi connectivity index (χ2v) is 6.44. The molecule has 6 nitrogen and oxygen atoms in total. The Kier molecular flexibility index (Phi) is 5.52. The number of carboxylic acid groups (broad SMARTS) is 1. The predicted molar refractivity (Wildman–Crippen MR) is 78.7 cm³/mol. The van der Waals surface area contributed by atoms with Crippen molar-refractivity contribution in [2.75, 3.05) is 0 Å². The minimum atomic E-state index is -1.17. The van der Waals surface area contributed by atoms with Gasteiger partial charge in [-0.2, -0.15) is 0 Å². The third kappa shape index (κ3) is 5.21. The maximum atomic E-state index is 11.8. The third-order valence-corrected chi connectivity index (χ3v) is 3.99. The number of hydrogen-bond acceptors (Lipinski definition) is 3. The number of urea groups is 1. The first kappa shape index (κ1) is 17.2. The molecule has 0 spiro atoms. The van der Waals surface area contributed by atoms with Gasteiger partial charge in [0.1, 0.15) is 0 Å². The molecular weight excluding hydrogens is 272 g/mol. The lowest BCUT2D eigenvalue weighted by atomic mass is 9.75. The fourth-order valence-corrected chi connectivity index (χ4v) is 2.57. The summed E-state index contributed by atoms with van der Waals surface area (Å²) in [4.78, 5) is 34.4. The predicted octanol–water partition coefficient (Wildman–Crippen LogP) is 2.20. The Morgan fingerprint density at radius 1 is 1.14 bits per heavy atom. The van der Waals surface area contributed by atoms with Gasteiger partial charge in [0.15, 0.2) is 0 Å². The van der Waals surface area contributed by atoms with Crippen LogP contribution in [0.2, 0.25) is 0 Å². The van der Waals surface area contributed by atoms with E-state index in [-0.39, 0.29) is 22.6 Å². The Labute approximate surface area is 125 Å². The van der Waals surface area contributed by atoms with Gasteiger partial charge in [0.25, 0.3) is 5.91 Å². The van der Waals surface area contributed by atoms with Crippen LogP contribution in [-0.4, -0.2) is 29.1 Å². The highest BCUT2D eigenvalue weighted by atomic mass is 16.4. The van der Waals surface area contributed by atoms with E-state index in [1.54, 1.807) is 0 Å². The summed E-state index contributed by atoms with van der Waals surface area (Å²) in [5, 5.41) is 13.8. The highest BCUT2D eigenvalue weighted by Gasteiger charge is 2.29. The molecule has 0 aromatic rings. The zero-order valence-electron chi connectivity index (χ0n) is 13.1. The van der Waals surface area contributed by atoms with Crippen LogP contribution < -0.4 is 10.6 Å². The minimum absolute atomic E-state index is 0.0293. The van der Waals surface area contributed by atoms with Gasteiger partial charge in [-0.3, -0.25) is 10.1 Å². The summed E-state index contributed by atoms with van der Waals surface area (Å²) in [7, 11) is 0. The molecule has 3 amide bonds. The molecule has 6 heteroatoms. The van der Waals surface area contributed by atoms with Gasteiger partial charge in [0, 0.05) is 17.2 Å². The molecule has 1 unspecified atom stereocenters. The number of carbonyl (C=O) groups is 3. The lowest BCUT2D eigenvalue weighted by Gasteiger charge is -2.35. The molecule has 3 N–H and O–H groups in total. The maximum Gasteiger partial charge on any atom is 0.331 e. The molecule has 0 aliphatic heterocycles. The van der Waals surface area contributed by atoms with Crippen LogP contribution in [0.3, 0.4) is 0 Å². The lowest BCUT2D eigenvalue weighted by Crippen LogP contribution is -2.47. The summed E-state index contributed by atoms with van der Waals surface area (Å²) in [6.45, 7) is 7.04. The fraction of sp³-hybridized carbons (Fsp3) is 0.667. The second kappa shape index (κ2) is 6.74. The van der Waals surface area contributed by atoms with E-state index in [9.17, 15) is 14.4 Å². The van der Waals surface area contributed by atoms with Gasteiger partial charge in [-0.15, -0.1) is 0 Å². The van der Waals surface area contributed by atoms with Crippen LogP contribution in [0.4, 0.5) is 4.79 Å². The summed E-state index contributed by atoms with van der Waals surface area (Å²) in [6, 6.07) is -0.522. The van der Waals surface area contributed by atoms with E-state index >= 15 is 0 Å². The first-order valence-corrected chi connectivity index (χ1v) is 7.15. The van der Waals surface area contributed by atoms with Gasteiger partial charge in [-0.1, -0.05) is 20.3 Å². The molecule has 1 aliphatic carbocycles. The average molecular weight is 296 g/mol. The molecule has 1 atom stereocenters. The number of nitrogens with one attached hydrogen (secondary N) is 2. The summed E-state index contributed by atoms with van der Waals surface area (Å²) >= 11 is 0. The first-order chi connectivity index (χ1) is 9.62. The Morgan fingerprint density at radius 2 is 1.76 bits per heavy atom. The van der Waals surface area contributed by atoms with Crippen molar-refractivity contribution in [1.82, 2.24) is 10.6 Å². The van der Waals surface area contributed by atoms with E-state index in [1.165, 1.54) is 13.8 Å². The van der Waals surface area contributed by atoms with E-state index in [0.717, 1.165) is 25.7 Å². The van der Waals surface area contributed by atoms with Crippen molar-refractivity contribution in [3.63, 3.8) is 0 Å². The molecule has 0 aromatic carbocycles. The normalized spacial score (nSPS) is 22.0. The number of amides is 3. The SMILES string of the molecule is CC(C(=O)O)=C(C)C(=O)NC(=O)NC1CCCC(C)(C)C1. The zero-order chi connectivity index (χ0) is 16.2. The molecule has 0 aromatic heterocycles. The Hall–Kier alpha value is -1.85. The number of aliphatic carboxylic acids is 1. The molecule has 21 heavy (non-hydrogen) atoms. The maximum absolute atomic E-state index is 11.8. The minimum Gasteiger partial charge on any atom is -0.478 e. The lowest BCUT2D eigenvalue weighted by molar-refractivity contribution is -0.133. The molecule has 1 saturated carbocycles. The number of carboxylic acids is 1. The molecular formula is C15H24N2O4. The molecule has 0 radical (unpaired) electrons. The molecule has 1 rings (SSSR count). The Balaban J connectivity index is 2.56. The average Bonchev–Trinajstić information content (AvgIpc) is 2.35. The van der Waals surface area contributed by atoms with Crippen LogP contribution in [0.1, 0.15) is 53.4 Å². The molecule has 1 fully saturated rings. The number of rotatable bonds is 3. The molecule has 0 bridgehead atoms. The largest absolute Gasteiger partial charge is 0.478 e. The summed E-state index contributed by atoms with van der Waals surface area (Å²) in [5.74, 6) is -1.85. The second-order valence-electron chi connectivity index (χ2n) is 6.44. The molecule has 118 valence electrons. The topological polar surface area (TPSA) is 95.5 Å². The van der Waals surface area contributed by atoms with Crippen molar-refractivity contribution in [3.8, 4) is 0 Å². The summed E-state index contributed by atoms with van der Waals surface area (Å²) < 4.78 is 0. The van der Waals surface area contributed by atoms with E-state index in [4.69, 9.17) is 5.11 Å². The molecule has 0 heterocycles. The molecule has 0 saturated heterocycles. The van der Waals surface area contributed by atoms with Crippen LogP contribution >= 0.6 is 0 Å². The van der Waals surface area contributed by atoms with Crippen molar-refractivity contribution in [1.29, 1.82) is 0 Å². The van der Waals surface area contributed by atoms with Crippen molar-refractivity contribution >= 4 is 17.9 Å². The van der Waals surface area contributed by atoms with Crippen LogP contribution in [0, 0.1) is 5.41 Å². The van der Waals surface area contributed by atoms with Gasteiger partial charge in [-0.25, -0.2) is 9.59 Å². The van der Waals surface area contributed by atoms with E-state index < -0.39 is 17.9 Å². The van der Waals surface area contributed by atoms with Gasteiger partial charge >= 0.3 is 12.0 Å². The van der Waals surface area contributed by atoms with Crippen LogP contribution in [-0.2, 0) is 9.59 Å². The number of imide groups is 1. The highest BCUT2D eigenvalue weighted by molar-refractivity contribution is 6.07. The standard InChI is InChI=1S/C15H24N2O4/c1-9(10(2)13(19)20)12(18)17-14(21)16-11-6-5-7-15(3,4)8-11/h11H,5-8H2,1-4H3,(H,19,20)(H2,16,17,18,21). The van der Waals surface area contributed by atoms with Crippen molar-refractivity contribution in [2.24, 2.45) is 5.41 Å². The number of hydrogen-bond donors (Lipinski definition) is 3. The van der Waals surface area contributed by atoms with Gasteiger partial charge in [-0.05, 0) is 38.5 Å². The third-order valence-electron chi connectivity index (χ3n) is 3.99. The van der Waals surface area contributed by atoms with Crippen molar-refractivity contribution in [3.05, 3.63) is 11.1 Å². The van der Waals surface area contributed by atoms with E-state index in [1.807, 2.05) is 0 Å². The van der Waals surface area contributed by atoms with Gasteiger partial charge < -0.3 is 10.4 Å².